The fourth-order valence-corrected chi connectivity index (χ4v) is 2.22. The van der Waals surface area contributed by atoms with Crippen molar-refractivity contribution in [3.05, 3.63) is 0 Å². The Balaban J connectivity index is 2.76. The van der Waals surface area contributed by atoms with E-state index in [0.29, 0.717) is 0 Å². The number of phosphoric ester groups is 2. The maximum atomic E-state index is 10.5. The molecule has 1 aliphatic rings. The summed E-state index contributed by atoms with van der Waals surface area (Å²) in [4.78, 5) is 36.0. The molecule has 12 nitrogen and oxygen atoms in total. The summed E-state index contributed by atoms with van der Waals surface area (Å²) in [6, 6.07) is 0. The summed E-state index contributed by atoms with van der Waals surface area (Å²) in [5.41, 5.74) is 0. The van der Waals surface area contributed by atoms with E-state index in [4.69, 9.17) is 14.7 Å². The lowest BCUT2D eigenvalue weighted by Crippen LogP contribution is -2.59. The normalized spacial score (nSPS) is 38.5. The van der Waals surface area contributed by atoms with E-state index in [9.17, 15) is 29.3 Å². The zero-order chi connectivity index (χ0) is 15.7. The third kappa shape index (κ3) is 5.45. The van der Waals surface area contributed by atoms with Crippen LogP contribution >= 0.6 is 15.6 Å². The molecule has 120 valence electrons. The summed E-state index contributed by atoms with van der Waals surface area (Å²) < 4.78 is 33.7. The predicted octanol–water partition coefficient (Wildman–Crippen LogP) is -3.62. The molecular weight excluding hydrogens is 326 g/mol. The van der Waals surface area contributed by atoms with Crippen molar-refractivity contribution in [2.45, 2.75) is 30.7 Å². The molecule has 20 heavy (non-hydrogen) atoms. The van der Waals surface area contributed by atoms with Crippen LogP contribution in [0.5, 0.6) is 0 Å². The van der Waals surface area contributed by atoms with Gasteiger partial charge in [-0.3, -0.25) is 13.6 Å². The first-order valence-electron chi connectivity index (χ1n) is 5.02. The second kappa shape index (κ2) is 6.44. The lowest BCUT2D eigenvalue weighted by molar-refractivity contribution is -0.302. The van der Waals surface area contributed by atoms with Gasteiger partial charge in [-0.2, -0.15) is 0 Å². The molecule has 6 N–H and O–H groups in total. The first-order chi connectivity index (χ1) is 8.91. The van der Waals surface area contributed by atoms with Gasteiger partial charge in [0.1, 0.15) is 24.4 Å². The Hall–Kier alpha value is 0.0600. The molecule has 1 heterocycles. The van der Waals surface area contributed by atoms with Gasteiger partial charge >= 0.3 is 7.82 Å². The van der Waals surface area contributed by atoms with Crippen LogP contribution in [0.2, 0.25) is 0 Å². The molecule has 6 atom stereocenters. The largest absolute Gasteiger partial charge is 0.756 e. The number of phosphoric acid groups is 2. The molecule has 0 spiro atoms. The number of aliphatic hydroxyl groups excluding tert-OH is 3. The molecule has 0 bridgehead atoms. The highest BCUT2D eigenvalue weighted by atomic mass is 31.2. The third-order valence-corrected chi connectivity index (χ3v) is 3.27. The molecule has 1 rings (SSSR count). The molecule has 0 aromatic rings. The van der Waals surface area contributed by atoms with E-state index in [0.717, 1.165) is 0 Å². The van der Waals surface area contributed by atoms with Crippen molar-refractivity contribution in [2.24, 2.45) is 0 Å². The van der Waals surface area contributed by atoms with E-state index in [1.165, 1.54) is 0 Å². The summed E-state index contributed by atoms with van der Waals surface area (Å²) in [6.45, 7) is -0.927. The average Bonchev–Trinajstić information content (AvgIpc) is 2.25. The second-order valence-corrected chi connectivity index (χ2v) is 6.26. The van der Waals surface area contributed by atoms with Crippen LogP contribution in [0.25, 0.3) is 0 Å². The molecule has 0 amide bonds. The Bertz CT molecular complexity index is 412. The minimum atomic E-state index is -5.32. The molecule has 0 aromatic heterocycles. The number of rotatable bonds is 5. The van der Waals surface area contributed by atoms with Gasteiger partial charge in [-0.05, 0) is 0 Å². The summed E-state index contributed by atoms with van der Waals surface area (Å²) in [5, 5.41) is 28.3. The van der Waals surface area contributed by atoms with Gasteiger partial charge in [0.2, 0.25) is 0 Å². The molecular formula is C6H13O12P2-. The Kier molecular flexibility index (Phi) is 5.83. The number of ether oxygens (including phenoxy) is 1. The summed E-state index contributed by atoms with van der Waals surface area (Å²) in [7, 11) is -10.2. The van der Waals surface area contributed by atoms with Crippen LogP contribution in [-0.4, -0.2) is 67.3 Å². The van der Waals surface area contributed by atoms with Gasteiger partial charge in [0.05, 0.1) is 6.61 Å². The third-order valence-electron chi connectivity index (χ3n) is 2.31. The van der Waals surface area contributed by atoms with Gasteiger partial charge in [-0.1, -0.05) is 0 Å². The summed E-state index contributed by atoms with van der Waals surface area (Å²) in [5.74, 6) is 0. The molecule has 6 unspecified atom stereocenters. The first-order valence-corrected chi connectivity index (χ1v) is 8.05. The zero-order valence-corrected chi connectivity index (χ0v) is 11.4. The van der Waals surface area contributed by atoms with Crippen LogP contribution in [0.15, 0.2) is 0 Å². The number of hydrogen-bond donors (Lipinski definition) is 6. The molecule has 0 radical (unpaired) electrons. The average molecular weight is 339 g/mol. The van der Waals surface area contributed by atoms with Crippen LogP contribution in [0.4, 0.5) is 0 Å². The first kappa shape index (κ1) is 18.1. The van der Waals surface area contributed by atoms with Crippen molar-refractivity contribution in [3.63, 3.8) is 0 Å². The van der Waals surface area contributed by atoms with Crippen molar-refractivity contribution < 1.29 is 57.8 Å². The van der Waals surface area contributed by atoms with Gasteiger partial charge < -0.3 is 39.6 Å². The highest BCUT2D eigenvalue weighted by Gasteiger charge is 2.46. The van der Waals surface area contributed by atoms with Gasteiger partial charge in [0, 0.05) is 0 Å². The van der Waals surface area contributed by atoms with Crippen LogP contribution in [0, 0.1) is 0 Å². The summed E-state index contributed by atoms with van der Waals surface area (Å²) in [6.07, 6.45) is -9.50. The zero-order valence-electron chi connectivity index (χ0n) is 9.62. The molecule has 1 aliphatic heterocycles. The molecule has 0 saturated carbocycles. The van der Waals surface area contributed by atoms with E-state index in [1.807, 2.05) is 0 Å². The highest BCUT2D eigenvalue weighted by molar-refractivity contribution is 7.46. The Morgan fingerprint density at radius 1 is 1.05 bits per heavy atom. The SMILES string of the molecule is O=P([O-])(O)OC1OC(COP(=O)(O)O)C(O)C(O)C1O. The Labute approximate surface area is 112 Å². The fourth-order valence-electron chi connectivity index (χ4n) is 1.44. The molecule has 1 saturated heterocycles. The minimum Gasteiger partial charge on any atom is -0.756 e. The van der Waals surface area contributed by atoms with E-state index in [1.54, 1.807) is 0 Å². The lowest BCUT2D eigenvalue weighted by atomic mass is 10.00. The topological polar surface area (TPSA) is 206 Å². The van der Waals surface area contributed by atoms with E-state index in [2.05, 4.69) is 13.8 Å². The second-order valence-electron chi connectivity index (χ2n) is 3.88. The maximum absolute atomic E-state index is 10.5. The monoisotopic (exact) mass is 339 g/mol. The molecule has 14 heteroatoms. The smallest absolute Gasteiger partial charge is 0.469 e. The van der Waals surface area contributed by atoms with E-state index >= 15 is 0 Å². The fraction of sp³-hybridized carbons (Fsp3) is 1.00. The van der Waals surface area contributed by atoms with Crippen LogP contribution in [-0.2, 0) is 22.9 Å². The van der Waals surface area contributed by atoms with Crippen molar-refractivity contribution >= 4 is 15.6 Å². The quantitative estimate of drug-likeness (QED) is 0.268. The summed E-state index contributed by atoms with van der Waals surface area (Å²) >= 11 is 0. The van der Waals surface area contributed by atoms with E-state index in [-0.39, 0.29) is 0 Å². The van der Waals surface area contributed by atoms with E-state index < -0.39 is 53.0 Å². The van der Waals surface area contributed by atoms with Gasteiger partial charge in [0.25, 0.3) is 7.82 Å². The van der Waals surface area contributed by atoms with Crippen LogP contribution in [0.3, 0.4) is 0 Å². The van der Waals surface area contributed by atoms with Gasteiger partial charge in [-0.25, -0.2) is 4.57 Å². The number of aliphatic hydroxyl groups is 3. The molecule has 1 fully saturated rings. The van der Waals surface area contributed by atoms with Crippen molar-refractivity contribution in [1.82, 2.24) is 0 Å². The highest BCUT2D eigenvalue weighted by Crippen LogP contribution is 2.39. The van der Waals surface area contributed by atoms with Gasteiger partial charge in [-0.15, -0.1) is 0 Å². The number of hydrogen-bond acceptors (Lipinski definition) is 9. The molecule has 0 aliphatic carbocycles. The van der Waals surface area contributed by atoms with Crippen LogP contribution in [0.1, 0.15) is 0 Å². The van der Waals surface area contributed by atoms with Crippen LogP contribution < -0.4 is 4.89 Å². The van der Waals surface area contributed by atoms with Gasteiger partial charge in [0.15, 0.2) is 6.29 Å². The Morgan fingerprint density at radius 3 is 2.05 bits per heavy atom. The van der Waals surface area contributed by atoms with Crippen molar-refractivity contribution in [1.29, 1.82) is 0 Å². The molecule has 0 aromatic carbocycles. The van der Waals surface area contributed by atoms with Crippen molar-refractivity contribution in [2.75, 3.05) is 6.61 Å². The predicted molar refractivity (Wildman–Crippen MR) is 55.6 cm³/mol. The maximum Gasteiger partial charge on any atom is 0.469 e. The minimum absolute atomic E-state index is 0.927. The Morgan fingerprint density at radius 2 is 1.60 bits per heavy atom. The standard InChI is InChI=1S/C6H14O12P2/c7-3-2(1-16-19(10,11)12)17-6(5(9)4(3)8)18-20(13,14)15/h2-9H,1H2,(H2,10,11,12)(H2,13,14,15)/p-1. The lowest BCUT2D eigenvalue weighted by Gasteiger charge is -2.40. The van der Waals surface area contributed by atoms with Crippen molar-refractivity contribution in [3.8, 4) is 0 Å².